The zero-order valence-electron chi connectivity index (χ0n) is 11.9. The van der Waals surface area contributed by atoms with E-state index in [0.29, 0.717) is 24.9 Å². The number of rotatable bonds is 3. The maximum absolute atomic E-state index is 12.8. The molecule has 2 heterocycles. The molecule has 2 aromatic rings. The molecule has 1 aromatic heterocycles. The van der Waals surface area contributed by atoms with Crippen LogP contribution in [-0.2, 0) is 4.79 Å². The largest absolute Gasteiger partial charge is 0.479 e. The van der Waals surface area contributed by atoms with Crippen molar-refractivity contribution in [2.45, 2.75) is 31.7 Å². The first-order chi connectivity index (χ1) is 10.1. The fraction of sp³-hybridized carbons (Fsp3) is 0.375. The first-order valence-electron chi connectivity index (χ1n) is 7.21. The van der Waals surface area contributed by atoms with Gasteiger partial charge in [-0.1, -0.05) is 25.1 Å². The molecule has 0 radical (unpaired) electrons. The number of carbonyl (C=O) groups excluding carboxylic acids is 1. The summed E-state index contributed by atoms with van der Waals surface area (Å²) in [5.41, 5.74) is 0.374. The Balaban J connectivity index is 2.03. The van der Waals surface area contributed by atoms with Crippen LogP contribution in [0.2, 0.25) is 0 Å². The van der Waals surface area contributed by atoms with E-state index < -0.39 is 11.5 Å². The van der Waals surface area contributed by atoms with Crippen LogP contribution in [0.25, 0.3) is 10.9 Å². The predicted molar refractivity (Wildman–Crippen MR) is 79.2 cm³/mol. The summed E-state index contributed by atoms with van der Waals surface area (Å²) < 4.78 is 0. The number of likely N-dealkylation sites (tertiary alicyclic amines) is 1. The van der Waals surface area contributed by atoms with Gasteiger partial charge in [0.1, 0.15) is 5.54 Å². The number of para-hydroxylation sites is 1. The highest BCUT2D eigenvalue weighted by Gasteiger charge is 2.48. The van der Waals surface area contributed by atoms with Crippen LogP contribution in [0.4, 0.5) is 0 Å². The lowest BCUT2D eigenvalue weighted by atomic mass is 9.92. The van der Waals surface area contributed by atoms with Crippen molar-refractivity contribution < 1.29 is 14.7 Å². The first kappa shape index (κ1) is 13.7. The van der Waals surface area contributed by atoms with Gasteiger partial charge in [-0.25, -0.2) is 4.79 Å². The molecule has 110 valence electrons. The van der Waals surface area contributed by atoms with Crippen LogP contribution in [0.1, 0.15) is 36.5 Å². The summed E-state index contributed by atoms with van der Waals surface area (Å²) in [6, 6.07) is 7.56. The SMILES string of the molecule is CCC1(C(=O)O)CCCN1C(=O)c1c[nH]c2ccccc12. The molecule has 5 heteroatoms. The van der Waals surface area contributed by atoms with Crippen molar-refractivity contribution in [1.29, 1.82) is 0 Å². The third-order valence-electron chi connectivity index (χ3n) is 4.54. The van der Waals surface area contributed by atoms with Crippen molar-refractivity contribution >= 4 is 22.8 Å². The van der Waals surface area contributed by atoms with Crippen LogP contribution in [0.3, 0.4) is 0 Å². The van der Waals surface area contributed by atoms with Crippen LogP contribution in [0, 0.1) is 0 Å². The Morgan fingerprint density at radius 2 is 2.14 bits per heavy atom. The second kappa shape index (κ2) is 4.91. The average molecular weight is 286 g/mol. The number of carboxylic acids is 1. The average Bonchev–Trinajstić information content (AvgIpc) is 3.11. The zero-order valence-corrected chi connectivity index (χ0v) is 11.9. The fourth-order valence-corrected chi connectivity index (χ4v) is 3.31. The number of benzene rings is 1. The lowest BCUT2D eigenvalue weighted by Crippen LogP contribution is -2.52. The lowest BCUT2D eigenvalue weighted by Gasteiger charge is -2.33. The molecule has 0 spiro atoms. The molecule has 5 nitrogen and oxygen atoms in total. The zero-order chi connectivity index (χ0) is 15.0. The Morgan fingerprint density at radius 3 is 2.86 bits per heavy atom. The van der Waals surface area contributed by atoms with Crippen LogP contribution >= 0.6 is 0 Å². The Morgan fingerprint density at radius 1 is 1.38 bits per heavy atom. The second-order valence-corrected chi connectivity index (χ2v) is 5.50. The Hall–Kier alpha value is -2.30. The van der Waals surface area contributed by atoms with Gasteiger partial charge in [-0.05, 0) is 25.3 Å². The van der Waals surface area contributed by atoms with Crippen LogP contribution < -0.4 is 0 Å². The minimum Gasteiger partial charge on any atom is -0.479 e. The molecule has 1 fully saturated rings. The van der Waals surface area contributed by atoms with Gasteiger partial charge in [0.2, 0.25) is 0 Å². The predicted octanol–water partition coefficient (Wildman–Crippen LogP) is 2.64. The number of aromatic amines is 1. The normalized spacial score (nSPS) is 21.9. The van der Waals surface area contributed by atoms with Gasteiger partial charge < -0.3 is 15.0 Å². The van der Waals surface area contributed by atoms with Gasteiger partial charge in [0, 0.05) is 23.6 Å². The maximum Gasteiger partial charge on any atom is 0.329 e. The topological polar surface area (TPSA) is 73.4 Å². The smallest absolute Gasteiger partial charge is 0.329 e. The summed E-state index contributed by atoms with van der Waals surface area (Å²) in [6.45, 7) is 2.33. The molecule has 1 aliphatic heterocycles. The molecule has 0 aliphatic carbocycles. The second-order valence-electron chi connectivity index (χ2n) is 5.50. The van der Waals surface area contributed by atoms with Crippen molar-refractivity contribution in [1.82, 2.24) is 9.88 Å². The van der Waals surface area contributed by atoms with Gasteiger partial charge in [0.05, 0.1) is 5.56 Å². The van der Waals surface area contributed by atoms with Gasteiger partial charge in [0.25, 0.3) is 5.91 Å². The molecular formula is C16H18N2O3. The Bertz CT molecular complexity index is 706. The summed E-state index contributed by atoms with van der Waals surface area (Å²) in [6.07, 6.45) is 3.35. The van der Waals surface area contributed by atoms with Gasteiger partial charge in [0.15, 0.2) is 0 Å². The van der Waals surface area contributed by atoms with Crippen molar-refractivity contribution in [3.63, 3.8) is 0 Å². The third kappa shape index (κ3) is 1.92. The number of nitrogens with zero attached hydrogens (tertiary/aromatic N) is 1. The molecular weight excluding hydrogens is 268 g/mol. The van der Waals surface area contributed by atoms with E-state index in [1.165, 1.54) is 4.90 Å². The lowest BCUT2D eigenvalue weighted by molar-refractivity contribution is -0.148. The van der Waals surface area contributed by atoms with Crippen LogP contribution in [0.5, 0.6) is 0 Å². The molecule has 3 rings (SSSR count). The number of fused-ring (bicyclic) bond motifs is 1. The standard InChI is InChI=1S/C16H18N2O3/c1-2-16(15(20)21)8-5-9-18(16)14(19)12-10-17-13-7-4-3-6-11(12)13/h3-4,6-7,10,17H,2,5,8-9H2,1H3,(H,20,21). The summed E-state index contributed by atoms with van der Waals surface area (Å²) in [5, 5.41) is 10.4. The van der Waals surface area contributed by atoms with Crippen molar-refractivity contribution in [3.8, 4) is 0 Å². The van der Waals surface area contributed by atoms with E-state index in [2.05, 4.69) is 4.98 Å². The van der Waals surface area contributed by atoms with E-state index in [1.807, 2.05) is 31.2 Å². The maximum atomic E-state index is 12.8. The van der Waals surface area contributed by atoms with E-state index in [0.717, 1.165) is 17.3 Å². The summed E-state index contributed by atoms with van der Waals surface area (Å²) in [7, 11) is 0. The number of aliphatic carboxylic acids is 1. The third-order valence-corrected chi connectivity index (χ3v) is 4.54. The number of aromatic nitrogens is 1. The molecule has 21 heavy (non-hydrogen) atoms. The molecule has 1 saturated heterocycles. The first-order valence-corrected chi connectivity index (χ1v) is 7.21. The van der Waals surface area contributed by atoms with Gasteiger partial charge in [-0.15, -0.1) is 0 Å². The number of carbonyl (C=O) groups is 2. The minimum atomic E-state index is -1.06. The molecule has 1 atom stereocenters. The van der Waals surface area contributed by atoms with Crippen molar-refractivity contribution in [2.24, 2.45) is 0 Å². The highest BCUT2D eigenvalue weighted by molar-refractivity contribution is 6.08. The van der Waals surface area contributed by atoms with E-state index in [9.17, 15) is 14.7 Å². The van der Waals surface area contributed by atoms with E-state index in [1.54, 1.807) is 6.20 Å². The summed E-state index contributed by atoms with van der Waals surface area (Å²) in [4.78, 5) is 29.1. The molecule has 1 amide bonds. The highest BCUT2D eigenvalue weighted by atomic mass is 16.4. The van der Waals surface area contributed by atoms with E-state index in [-0.39, 0.29) is 5.91 Å². The van der Waals surface area contributed by atoms with Crippen molar-refractivity contribution in [2.75, 3.05) is 6.54 Å². The fourth-order valence-electron chi connectivity index (χ4n) is 3.31. The molecule has 1 aromatic carbocycles. The highest BCUT2D eigenvalue weighted by Crippen LogP contribution is 2.35. The number of hydrogen-bond donors (Lipinski definition) is 2. The number of nitrogens with one attached hydrogen (secondary N) is 1. The number of hydrogen-bond acceptors (Lipinski definition) is 2. The van der Waals surface area contributed by atoms with Gasteiger partial charge >= 0.3 is 5.97 Å². The van der Waals surface area contributed by atoms with Gasteiger partial charge in [-0.2, -0.15) is 0 Å². The van der Waals surface area contributed by atoms with Crippen LogP contribution in [0.15, 0.2) is 30.5 Å². The Labute approximate surface area is 122 Å². The molecule has 1 aliphatic rings. The molecule has 1 unspecified atom stereocenters. The Kier molecular flexibility index (Phi) is 3.20. The monoisotopic (exact) mass is 286 g/mol. The van der Waals surface area contributed by atoms with Crippen LogP contribution in [-0.4, -0.2) is 39.0 Å². The molecule has 2 N–H and O–H groups in total. The number of H-pyrrole nitrogens is 1. The van der Waals surface area contributed by atoms with E-state index >= 15 is 0 Å². The molecule has 0 saturated carbocycles. The van der Waals surface area contributed by atoms with Gasteiger partial charge in [-0.3, -0.25) is 4.79 Å². The number of amides is 1. The summed E-state index contributed by atoms with van der Waals surface area (Å²) in [5.74, 6) is -1.11. The van der Waals surface area contributed by atoms with Crippen molar-refractivity contribution in [3.05, 3.63) is 36.0 Å². The minimum absolute atomic E-state index is 0.200. The number of carboxylic acid groups (broad SMARTS) is 1. The summed E-state index contributed by atoms with van der Waals surface area (Å²) >= 11 is 0. The molecule has 0 bridgehead atoms. The quantitative estimate of drug-likeness (QED) is 0.911. The van der Waals surface area contributed by atoms with E-state index in [4.69, 9.17) is 0 Å².